The summed E-state index contributed by atoms with van der Waals surface area (Å²) in [5.74, 6) is 0.0531. The van der Waals surface area contributed by atoms with Crippen LogP contribution in [0.15, 0.2) is 89.4 Å². The Morgan fingerprint density at radius 3 is 2.57 bits per heavy atom. The molecular formula is C23H21N5OS. The second-order valence-corrected chi connectivity index (χ2v) is 7.65. The lowest BCUT2D eigenvalue weighted by molar-refractivity contribution is -0.118. The molecule has 2 heterocycles. The number of pyridine rings is 1. The van der Waals surface area contributed by atoms with Crippen molar-refractivity contribution in [3.05, 3.63) is 90.3 Å². The molecule has 2 aromatic heterocycles. The SMILES string of the molecule is C/C(=N\NC(=O)CSc1nc2ccccc2n1Cc1ccccc1)c1ccncc1. The predicted molar refractivity (Wildman–Crippen MR) is 121 cm³/mol. The van der Waals surface area contributed by atoms with Crippen molar-refractivity contribution in [1.82, 2.24) is 20.0 Å². The first-order chi connectivity index (χ1) is 14.7. The molecule has 0 aliphatic rings. The maximum Gasteiger partial charge on any atom is 0.250 e. The van der Waals surface area contributed by atoms with Crippen molar-refractivity contribution in [3.8, 4) is 0 Å². The van der Waals surface area contributed by atoms with Crippen molar-refractivity contribution in [3.63, 3.8) is 0 Å². The molecular weight excluding hydrogens is 394 g/mol. The Balaban J connectivity index is 1.47. The molecule has 0 radical (unpaired) electrons. The number of carbonyl (C=O) groups excluding carboxylic acids is 1. The maximum absolute atomic E-state index is 12.3. The van der Waals surface area contributed by atoms with Crippen LogP contribution >= 0.6 is 11.8 Å². The lowest BCUT2D eigenvalue weighted by Crippen LogP contribution is -2.21. The summed E-state index contributed by atoms with van der Waals surface area (Å²) >= 11 is 1.41. The molecule has 30 heavy (non-hydrogen) atoms. The highest BCUT2D eigenvalue weighted by Crippen LogP contribution is 2.25. The molecule has 4 aromatic rings. The van der Waals surface area contributed by atoms with E-state index in [1.54, 1.807) is 12.4 Å². The monoisotopic (exact) mass is 415 g/mol. The van der Waals surface area contributed by atoms with Crippen LogP contribution in [0.5, 0.6) is 0 Å². The number of fused-ring (bicyclic) bond motifs is 1. The Labute approximate surface area is 179 Å². The Morgan fingerprint density at radius 1 is 1.03 bits per heavy atom. The van der Waals surface area contributed by atoms with Crippen molar-refractivity contribution in [2.75, 3.05) is 5.75 Å². The predicted octanol–water partition coefficient (Wildman–Crippen LogP) is 4.11. The van der Waals surface area contributed by atoms with Crippen molar-refractivity contribution < 1.29 is 4.79 Å². The van der Waals surface area contributed by atoms with Gasteiger partial charge in [0.15, 0.2) is 5.16 Å². The second kappa shape index (κ2) is 9.37. The molecule has 0 saturated carbocycles. The number of hydrazone groups is 1. The van der Waals surface area contributed by atoms with Crippen molar-refractivity contribution in [2.45, 2.75) is 18.6 Å². The van der Waals surface area contributed by atoms with Gasteiger partial charge in [-0.3, -0.25) is 9.78 Å². The molecule has 7 heteroatoms. The normalized spacial score (nSPS) is 11.6. The second-order valence-electron chi connectivity index (χ2n) is 6.71. The Bertz CT molecular complexity index is 1170. The summed E-state index contributed by atoms with van der Waals surface area (Å²) in [5.41, 5.74) is 7.43. The average molecular weight is 416 g/mol. The van der Waals surface area contributed by atoms with Crippen LogP contribution in [0.4, 0.5) is 0 Å². The largest absolute Gasteiger partial charge is 0.314 e. The third kappa shape index (κ3) is 4.75. The minimum atomic E-state index is -0.174. The van der Waals surface area contributed by atoms with Gasteiger partial charge in [-0.2, -0.15) is 5.10 Å². The highest BCUT2D eigenvalue weighted by molar-refractivity contribution is 7.99. The molecule has 6 nitrogen and oxygen atoms in total. The van der Waals surface area contributed by atoms with Gasteiger partial charge in [-0.1, -0.05) is 54.2 Å². The van der Waals surface area contributed by atoms with Gasteiger partial charge >= 0.3 is 0 Å². The van der Waals surface area contributed by atoms with Crippen LogP contribution in [-0.2, 0) is 11.3 Å². The van der Waals surface area contributed by atoms with Crippen LogP contribution in [0.1, 0.15) is 18.1 Å². The quantitative estimate of drug-likeness (QED) is 0.280. The fourth-order valence-electron chi connectivity index (χ4n) is 3.05. The molecule has 150 valence electrons. The molecule has 0 aliphatic carbocycles. The van der Waals surface area contributed by atoms with Crippen LogP contribution in [0.2, 0.25) is 0 Å². The molecule has 0 fully saturated rings. The summed E-state index contributed by atoms with van der Waals surface area (Å²) in [7, 11) is 0. The van der Waals surface area contributed by atoms with E-state index >= 15 is 0 Å². The Hall–Kier alpha value is -3.45. The highest BCUT2D eigenvalue weighted by Gasteiger charge is 2.13. The standard InChI is InChI=1S/C23H21N5OS/c1-17(19-11-13-24-14-12-19)26-27-22(29)16-30-23-25-20-9-5-6-10-21(20)28(23)15-18-7-3-2-4-8-18/h2-14H,15-16H2,1H3,(H,27,29)/b26-17+. The van der Waals surface area contributed by atoms with Crippen molar-refractivity contribution >= 4 is 34.4 Å². The summed E-state index contributed by atoms with van der Waals surface area (Å²) in [4.78, 5) is 21.1. The molecule has 1 N–H and O–H groups in total. The van der Waals surface area contributed by atoms with Crippen LogP contribution in [0.3, 0.4) is 0 Å². The molecule has 0 bridgehead atoms. The molecule has 0 spiro atoms. The lowest BCUT2D eigenvalue weighted by atomic mass is 10.2. The first kappa shape index (κ1) is 19.8. The summed E-state index contributed by atoms with van der Waals surface area (Å²) in [5, 5.41) is 5.00. The van der Waals surface area contributed by atoms with Gasteiger partial charge in [-0.25, -0.2) is 10.4 Å². The van der Waals surface area contributed by atoms with Gasteiger partial charge in [0.05, 0.1) is 29.0 Å². The molecule has 0 aliphatic heterocycles. The summed E-state index contributed by atoms with van der Waals surface area (Å²) in [6, 6.07) is 22.0. The van der Waals surface area contributed by atoms with E-state index in [0.29, 0.717) is 6.54 Å². The Morgan fingerprint density at radius 2 is 1.77 bits per heavy atom. The molecule has 0 unspecified atom stereocenters. The molecule has 0 saturated heterocycles. The van der Waals surface area contributed by atoms with Crippen molar-refractivity contribution in [1.29, 1.82) is 0 Å². The van der Waals surface area contributed by atoms with Crippen LogP contribution < -0.4 is 5.43 Å². The van der Waals surface area contributed by atoms with E-state index in [0.717, 1.165) is 27.5 Å². The number of imidazole rings is 1. The third-order valence-corrected chi connectivity index (χ3v) is 5.56. The van der Waals surface area contributed by atoms with Gasteiger partial charge in [-0.15, -0.1) is 0 Å². The summed E-state index contributed by atoms with van der Waals surface area (Å²) in [6.45, 7) is 2.55. The van der Waals surface area contributed by atoms with E-state index in [4.69, 9.17) is 4.98 Å². The Kier molecular flexibility index (Phi) is 6.20. The number of nitrogens with one attached hydrogen (secondary N) is 1. The van der Waals surface area contributed by atoms with Crippen LogP contribution in [0, 0.1) is 0 Å². The highest BCUT2D eigenvalue weighted by atomic mass is 32.2. The third-order valence-electron chi connectivity index (χ3n) is 4.58. The smallest absolute Gasteiger partial charge is 0.250 e. The average Bonchev–Trinajstić information content (AvgIpc) is 3.14. The molecule has 2 aromatic carbocycles. The number of rotatable bonds is 7. The fraction of sp³-hybridized carbons (Fsp3) is 0.130. The zero-order valence-corrected chi connectivity index (χ0v) is 17.3. The van der Waals surface area contributed by atoms with Gasteiger partial charge in [0, 0.05) is 18.0 Å². The van der Waals surface area contributed by atoms with E-state index in [2.05, 4.69) is 38.3 Å². The first-order valence-corrected chi connectivity index (χ1v) is 10.5. The summed E-state index contributed by atoms with van der Waals surface area (Å²) < 4.78 is 2.15. The van der Waals surface area contributed by atoms with Crippen LogP contribution in [0.25, 0.3) is 11.0 Å². The zero-order valence-electron chi connectivity index (χ0n) is 16.5. The number of thioether (sulfide) groups is 1. The maximum atomic E-state index is 12.3. The minimum Gasteiger partial charge on any atom is -0.314 e. The first-order valence-electron chi connectivity index (χ1n) is 9.56. The van der Waals surface area contributed by atoms with E-state index in [-0.39, 0.29) is 11.7 Å². The fourth-order valence-corrected chi connectivity index (χ4v) is 3.85. The molecule has 0 atom stereocenters. The number of nitrogens with zero attached hydrogens (tertiary/aromatic N) is 4. The molecule has 4 rings (SSSR count). The van der Waals surface area contributed by atoms with E-state index < -0.39 is 0 Å². The van der Waals surface area contributed by atoms with Crippen LogP contribution in [-0.4, -0.2) is 31.9 Å². The number of carbonyl (C=O) groups is 1. The number of aromatic nitrogens is 3. The number of amides is 1. The van der Waals surface area contributed by atoms with Gasteiger partial charge in [-0.05, 0) is 36.8 Å². The lowest BCUT2D eigenvalue weighted by Gasteiger charge is -2.09. The topological polar surface area (TPSA) is 72.2 Å². The van der Waals surface area contributed by atoms with Gasteiger partial charge in [0.25, 0.3) is 5.91 Å². The number of para-hydroxylation sites is 2. The van der Waals surface area contributed by atoms with E-state index in [1.807, 2.05) is 55.5 Å². The zero-order chi connectivity index (χ0) is 20.8. The molecule has 1 amide bonds. The van der Waals surface area contributed by atoms with Gasteiger partial charge < -0.3 is 4.57 Å². The van der Waals surface area contributed by atoms with E-state index in [1.165, 1.54) is 17.3 Å². The van der Waals surface area contributed by atoms with Gasteiger partial charge in [0.1, 0.15) is 0 Å². The van der Waals surface area contributed by atoms with Gasteiger partial charge in [0.2, 0.25) is 0 Å². The van der Waals surface area contributed by atoms with E-state index in [9.17, 15) is 4.79 Å². The van der Waals surface area contributed by atoms with Crippen molar-refractivity contribution in [2.24, 2.45) is 5.10 Å². The number of benzene rings is 2. The summed E-state index contributed by atoms with van der Waals surface area (Å²) in [6.07, 6.45) is 3.40. The number of hydrogen-bond donors (Lipinski definition) is 1. The number of hydrogen-bond acceptors (Lipinski definition) is 5. The minimum absolute atomic E-state index is 0.174.